The second-order valence-corrected chi connectivity index (χ2v) is 5.86. The Morgan fingerprint density at radius 2 is 1.85 bits per heavy atom. The van der Waals surface area contributed by atoms with Crippen molar-refractivity contribution >= 4 is 18.3 Å². The highest BCUT2D eigenvalue weighted by Gasteiger charge is 2.34. The first-order valence-corrected chi connectivity index (χ1v) is 7.99. The van der Waals surface area contributed by atoms with E-state index in [1.165, 1.54) is 19.3 Å². The quantitative estimate of drug-likeness (QED) is 0.840. The Labute approximate surface area is 129 Å². The van der Waals surface area contributed by atoms with Crippen LogP contribution < -0.4 is 5.32 Å². The predicted octanol–water partition coefficient (Wildman–Crippen LogP) is 1.74. The first kappa shape index (κ1) is 17.7. The van der Waals surface area contributed by atoms with E-state index in [1.54, 1.807) is 0 Å². The van der Waals surface area contributed by atoms with E-state index in [0.29, 0.717) is 5.91 Å². The Bertz CT molecular complexity index is 291. The molecule has 2 heterocycles. The van der Waals surface area contributed by atoms with E-state index in [-0.39, 0.29) is 18.4 Å². The third-order valence-corrected chi connectivity index (χ3v) is 4.68. The molecule has 118 valence electrons. The molecule has 0 spiro atoms. The number of carbonyl (C=O) groups excluding carboxylic acids is 1. The predicted molar refractivity (Wildman–Crippen MR) is 85.4 cm³/mol. The van der Waals surface area contributed by atoms with Gasteiger partial charge in [0.2, 0.25) is 5.91 Å². The number of rotatable bonds is 5. The van der Waals surface area contributed by atoms with Gasteiger partial charge in [0, 0.05) is 19.6 Å². The van der Waals surface area contributed by atoms with Gasteiger partial charge in [0.05, 0.1) is 6.04 Å². The minimum absolute atomic E-state index is 0. The Kier molecular flexibility index (Phi) is 7.85. The fourth-order valence-corrected chi connectivity index (χ4v) is 3.47. The Morgan fingerprint density at radius 3 is 2.45 bits per heavy atom. The van der Waals surface area contributed by atoms with Crippen LogP contribution in [-0.2, 0) is 4.79 Å². The topological polar surface area (TPSA) is 35.6 Å². The molecule has 0 radical (unpaired) electrons. The van der Waals surface area contributed by atoms with E-state index in [1.807, 2.05) is 4.90 Å². The van der Waals surface area contributed by atoms with E-state index in [2.05, 4.69) is 24.1 Å². The van der Waals surface area contributed by atoms with Gasteiger partial charge in [-0.2, -0.15) is 0 Å². The highest BCUT2D eigenvalue weighted by molar-refractivity contribution is 5.85. The van der Waals surface area contributed by atoms with E-state index in [4.69, 9.17) is 0 Å². The van der Waals surface area contributed by atoms with Gasteiger partial charge in [-0.05, 0) is 65.1 Å². The van der Waals surface area contributed by atoms with Crippen LogP contribution in [0.1, 0.15) is 39.5 Å². The van der Waals surface area contributed by atoms with E-state index >= 15 is 0 Å². The van der Waals surface area contributed by atoms with E-state index in [0.717, 1.165) is 51.6 Å². The maximum Gasteiger partial charge on any atom is 0.239 e. The van der Waals surface area contributed by atoms with Crippen LogP contribution in [0.5, 0.6) is 0 Å². The number of hydrogen-bond donors (Lipinski definition) is 1. The maximum atomic E-state index is 12.5. The number of nitrogens with zero attached hydrogens (tertiary/aromatic N) is 2. The summed E-state index contributed by atoms with van der Waals surface area (Å²) in [5, 5.41) is 3.42. The summed E-state index contributed by atoms with van der Waals surface area (Å²) >= 11 is 0. The van der Waals surface area contributed by atoms with E-state index in [9.17, 15) is 4.79 Å². The molecule has 1 amide bonds. The lowest BCUT2D eigenvalue weighted by molar-refractivity contribution is -0.135. The van der Waals surface area contributed by atoms with Crippen LogP contribution in [0.4, 0.5) is 0 Å². The number of piperidine rings is 1. The molecule has 0 aromatic heterocycles. The molecule has 0 aromatic carbocycles. The molecule has 2 aliphatic rings. The number of hydrogen-bond acceptors (Lipinski definition) is 3. The van der Waals surface area contributed by atoms with Crippen molar-refractivity contribution in [2.24, 2.45) is 5.92 Å². The highest BCUT2D eigenvalue weighted by atomic mass is 35.5. The lowest BCUT2D eigenvalue weighted by Gasteiger charge is -2.32. The third kappa shape index (κ3) is 4.34. The number of amides is 1. The van der Waals surface area contributed by atoms with Gasteiger partial charge in [-0.25, -0.2) is 0 Å². The molecule has 5 heteroatoms. The summed E-state index contributed by atoms with van der Waals surface area (Å²) < 4.78 is 0. The fourth-order valence-electron chi connectivity index (χ4n) is 3.47. The first-order valence-electron chi connectivity index (χ1n) is 7.99. The van der Waals surface area contributed by atoms with Crippen molar-refractivity contribution in [2.45, 2.75) is 45.6 Å². The Morgan fingerprint density at radius 1 is 1.20 bits per heavy atom. The zero-order chi connectivity index (χ0) is 13.7. The smallest absolute Gasteiger partial charge is 0.239 e. The molecule has 0 aliphatic carbocycles. The van der Waals surface area contributed by atoms with Crippen molar-refractivity contribution in [2.75, 3.05) is 39.3 Å². The van der Waals surface area contributed by atoms with Crippen LogP contribution in [-0.4, -0.2) is 61.0 Å². The summed E-state index contributed by atoms with van der Waals surface area (Å²) in [6.45, 7) is 10.4. The summed E-state index contributed by atoms with van der Waals surface area (Å²) in [4.78, 5) is 17.0. The number of halogens is 1. The van der Waals surface area contributed by atoms with Gasteiger partial charge in [-0.15, -0.1) is 12.4 Å². The van der Waals surface area contributed by atoms with Crippen molar-refractivity contribution in [1.82, 2.24) is 15.1 Å². The van der Waals surface area contributed by atoms with Crippen LogP contribution in [0, 0.1) is 5.92 Å². The van der Waals surface area contributed by atoms with Crippen LogP contribution in [0.3, 0.4) is 0 Å². The molecule has 1 atom stereocenters. The third-order valence-electron chi connectivity index (χ3n) is 4.68. The average Bonchev–Trinajstić information content (AvgIpc) is 2.89. The molecular weight excluding hydrogens is 274 g/mol. The Hall–Kier alpha value is -0.320. The van der Waals surface area contributed by atoms with Crippen molar-refractivity contribution in [1.29, 1.82) is 0 Å². The van der Waals surface area contributed by atoms with Crippen molar-refractivity contribution < 1.29 is 4.79 Å². The van der Waals surface area contributed by atoms with Crippen molar-refractivity contribution in [3.05, 3.63) is 0 Å². The lowest BCUT2D eigenvalue weighted by Crippen LogP contribution is -2.47. The molecule has 2 fully saturated rings. The normalized spacial score (nSPS) is 24.4. The first-order chi connectivity index (χ1) is 9.26. The number of carbonyl (C=O) groups is 1. The second kappa shape index (κ2) is 8.85. The summed E-state index contributed by atoms with van der Waals surface area (Å²) in [6.07, 6.45) is 4.77. The standard InChI is InChI=1S/C15H29N3O.ClH/c1-3-17(4-2)15(19)14-6-5-11-18(14)12-13-7-9-16-10-8-13;/h13-14,16H,3-12H2,1-2H3;1H. The Balaban J connectivity index is 0.00000200. The molecule has 2 saturated heterocycles. The SMILES string of the molecule is CCN(CC)C(=O)C1CCCN1CC1CCNCC1.Cl. The molecule has 2 rings (SSSR count). The second-order valence-electron chi connectivity index (χ2n) is 5.86. The fraction of sp³-hybridized carbons (Fsp3) is 0.933. The summed E-state index contributed by atoms with van der Waals surface area (Å²) in [7, 11) is 0. The monoisotopic (exact) mass is 303 g/mol. The molecule has 0 bridgehead atoms. The number of nitrogens with one attached hydrogen (secondary N) is 1. The molecule has 2 aliphatic heterocycles. The molecule has 0 aromatic rings. The molecule has 0 saturated carbocycles. The van der Waals surface area contributed by atoms with Crippen LogP contribution in [0.15, 0.2) is 0 Å². The number of likely N-dealkylation sites (N-methyl/N-ethyl adjacent to an activating group) is 1. The van der Waals surface area contributed by atoms with Crippen LogP contribution in [0.2, 0.25) is 0 Å². The molecular formula is C15H30ClN3O. The lowest BCUT2D eigenvalue weighted by atomic mass is 9.97. The summed E-state index contributed by atoms with van der Waals surface area (Å²) in [5.41, 5.74) is 0. The average molecular weight is 304 g/mol. The van der Waals surface area contributed by atoms with Crippen LogP contribution >= 0.6 is 12.4 Å². The van der Waals surface area contributed by atoms with Gasteiger partial charge in [-0.1, -0.05) is 0 Å². The van der Waals surface area contributed by atoms with Gasteiger partial charge < -0.3 is 10.2 Å². The van der Waals surface area contributed by atoms with Gasteiger partial charge in [0.15, 0.2) is 0 Å². The largest absolute Gasteiger partial charge is 0.342 e. The minimum atomic E-state index is 0. The van der Waals surface area contributed by atoms with Crippen LogP contribution in [0.25, 0.3) is 0 Å². The molecule has 1 N–H and O–H groups in total. The molecule has 1 unspecified atom stereocenters. The maximum absolute atomic E-state index is 12.5. The van der Waals surface area contributed by atoms with E-state index < -0.39 is 0 Å². The van der Waals surface area contributed by atoms with Crippen molar-refractivity contribution in [3.8, 4) is 0 Å². The molecule has 4 nitrogen and oxygen atoms in total. The molecule has 20 heavy (non-hydrogen) atoms. The zero-order valence-corrected chi connectivity index (χ0v) is 13.8. The zero-order valence-electron chi connectivity index (χ0n) is 12.9. The van der Waals surface area contributed by atoms with Gasteiger partial charge in [-0.3, -0.25) is 9.69 Å². The van der Waals surface area contributed by atoms with Gasteiger partial charge in [0.25, 0.3) is 0 Å². The highest BCUT2D eigenvalue weighted by Crippen LogP contribution is 2.23. The minimum Gasteiger partial charge on any atom is -0.342 e. The van der Waals surface area contributed by atoms with Crippen molar-refractivity contribution in [3.63, 3.8) is 0 Å². The summed E-state index contributed by atoms with van der Waals surface area (Å²) in [6, 6.07) is 0.162. The van der Waals surface area contributed by atoms with Gasteiger partial charge in [0.1, 0.15) is 0 Å². The summed E-state index contributed by atoms with van der Waals surface area (Å²) in [5.74, 6) is 1.14. The van der Waals surface area contributed by atoms with Gasteiger partial charge >= 0.3 is 0 Å². The number of likely N-dealkylation sites (tertiary alicyclic amines) is 1.